The molecule has 2 amide bonds. The number of hydrogen-bond acceptors (Lipinski definition) is 3. The molecule has 5 nitrogen and oxygen atoms in total. The number of aliphatic hydroxyl groups excluding tert-OH is 1. The van der Waals surface area contributed by atoms with E-state index in [0.29, 0.717) is 13.0 Å². The lowest BCUT2D eigenvalue weighted by molar-refractivity contribution is -0.151. The molecule has 4 aliphatic carbocycles. The van der Waals surface area contributed by atoms with Crippen LogP contribution in [0.25, 0.3) is 0 Å². The van der Waals surface area contributed by atoms with Gasteiger partial charge in [-0.05, 0) is 82.0 Å². The quantitative estimate of drug-likeness (QED) is 0.774. The summed E-state index contributed by atoms with van der Waals surface area (Å²) in [5.41, 5.74) is -0.107. The molecule has 1 aliphatic heterocycles. The molecule has 1 unspecified atom stereocenters. The lowest BCUT2D eigenvalue weighted by Gasteiger charge is -2.56. The first-order chi connectivity index (χ1) is 11.6. The van der Waals surface area contributed by atoms with Gasteiger partial charge in [0.2, 0.25) is 0 Å². The number of aliphatic hydroxyl groups is 1. The zero-order chi connectivity index (χ0) is 16.7. The Morgan fingerprint density at radius 3 is 2.25 bits per heavy atom. The molecular formula is C19H30N2O3. The molecule has 0 aromatic heterocycles. The maximum atomic E-state index is 12.7. The second-order valence-corrected chi connectivity index (χ2v) is 8.81. The number of carbonyl (C=O) groups excluding carboxylic acids is 2. The second kappa shape index (κ2) is 6.32. The van der Waals surface area contributed by atoms with Crippen molar-refractivity contribution < 1.29 is 14.7 Å². The summed E-state index contributed by atoms with van der Waals surface area (Å²) in [5.74, 6) is 1.49. The van der Waals surface area contributed by atoms with E-state index < -0.39 is 5.91 Å². The van der Waals surface area contributed by atoms with Crippen LogP contribution < -0.4 is 5.32 Å². The van der Waals surface area contributed by atoms with Crippen LogP contribution in [0, 0.1) is 17.8 Å². The van der Waals surface area contributed by atoms with Gasteiger partial charge in [-0.25, -0.2) is 0 Å². The number of rotatable bonds is 3. The van der Waals surface area contributed by atoms with Crippen LogP contribution in [0.2, 0.25) is 0 Å². The molecule has 5 fully saturated rings. The lowest BCUT2D eigenvalue weighted by atomic mass is 9.53. The fourth-order valence-electron chi connectivity index (χ4n) is 6.41. The predicted molar refractivity (Wildman–Crippen MR) is 90.1 cm³/mol. The van der Waals surface area contributed by atoms with Crippen LogP contribution in [0.4, 0.5) is 0 Å². The third-order valence-corrected chi connectivity index (χ3v) is 6.96. The fourth-order valence-corrected chi connectivity index (χ4v) is 6.41. The summed E-state index contributed by atoms with van der Waals surface area (Å²) in [5, 5.41) is 12.4. The van der Waals surface area contributed by atoms with E-state index in [4.69, 9.17) is 0 Å². The topological polar surface area (TPSA) is 69.6 Å². The van der Waals surface area contributed by atoms with Crippen molar-refractivity contribution >= 4 is 11.8 Å². The summed E-state index contributed by atoms with van der Waals surface area (Å²) in [4.78, 5) is 27.2. The third-order valence-electron chi connectivity index (χ3n) is 6.96. The summed E-state index contributed by atoms with van der Waals surface area (Å²) >= 11 is 0. The monoisotopic (exact) mass is 334 g/mol. The zero-order valence-electron chi connectivity index (χ0n) is 14.5. The summed E-state index contributed by atoms with van der Waals surface area (Å²) in [6.45, 7) is 0.725. The molecule has 1 atom stereocenters. The summed E-state index contributed by atoms with van der Waals surface area (Å²) in [6.07, 6.45) is 10.7. The Hall–Kier alpha value is -1.10. The normalized spacial score (nSPS) is 40.6. The molecule has 0 radical (unpaired) electrons. The van der Waals surface area contributed by atoms with Crippen molar-refractivity contribution in [1.82, 2.24) is 10.2 Å². The molecule has 5 aliphatic rings. The SMILES string of the molecule is O=C(NC12CC3CC(CC(C3)C1)C2)C(=O)N1CCCCC1CCO. The van der Waals surface area contributed by atoms with Gasteiger partial charge in [0.25, 0.3) is 0 Å². The van der Waals surface area contributed by atoms with E-state index >= 15 is 0 Å². The standard InChI is InChI=1S/C19H30N2O3/c22-6-4-16-3-1-2-5-21(16)18(24)17(23)20-19-10-13-7-14(11-19)9-15(8-13)12-19/h13-16,22H,1-12H2,(H,20,23). The number of nitrogens with zero attached hydrogens (tertiary/aromatic N) is 1. The number of amides is 2. The summed E-state index contributed by atoms with van der Waals surface area (Å²) < 4.78 is 0. The smallest absolute Gasteiger partial charge is 0.312 e. The summed E-state index contributed by atoms with van der Waals surface area (Å²) in [6, 6.07) is 0.0263. The second-order valence-electron chi connectivity index (χ2n) is 8.81. The fraction of sp³-hybridized carbons (Fsp3) is 0.895. The van der Waals surface area contributed by atoms with Gasteiger partial charge in [0.05, 0.1) is 0 Å². The van der Waals surface area contributed by atoms with Crippen LogP contribution in [0.5, 0.6) is 0 Å². The number of likely N-dealkylation sites (tertiary alicyclic amines) is 1. The Kier molecular flexibility index (Phi) is 4.31. The summed E-state index contributed by atoms with van der Waals surface area (Å²) in [7, 11) is 0. The Bertz CT molecular complexity index is 481. The number of carbonyl (C=O) groups is 2. The van der Waals surface area contributed by atoms with Crippen LogP contribution in [0.1, 0.15) is 64.2 Å². The molecule has 5 rings (SSSR count). The lowest BCUT2D eigenvalue weighted by Crippen LogP contribution is -2.62. The van der Waals surface area contributed by atoms with E-state index in [1.54, 1.807) is 4.90 Å². The first-order valence-electron chi connectivity index (χ1n) is 9.82. The van der Waals surface area contributed by atoms with Crippen LogP contribution in [0.15, 0.2) is 0 Å². The van der Waals surface area contributed by atoms with E-state index in [1.165, 1.54) is 19.3 Å². The van der Waals surface area contributed by atoms with Crippen molar-refractivity contribution in [1.29, 1.82) is 0 Å². The van der Waals surface area contributed by atoms with Crippen molar-refractivity contribution in [3.05, 3.63) is 0 Å². The van der Waals surface area contributed by atoms with E-state index in [0.717, 1.165) is 56.3 Å². The zero-order valence-corrected chi connectivity index (χ0v) is 14.5. The highest BCUT2D eigenvalue weighted by atomic mass is 16.3. The van der Waals surface area contributed by atoms with Crippen molar-refractivity contribution in [2.45, 2.75) is 75.8 Å². The molecule has 1 heterocycles. The molecular weight excluding hydrogens is 304 g/mol. The highest BCUT2D eigenvalue weighted by Gasteiger charge is 2.52. The molecule has 5 heteroatoms. The van der Waals surface area contributed by atoms with E-state index in [9.17, 15) is 14.7 Å². The maximum absolute atomic E-state index is 12.7. The van der Waals surface area contributed by atoms with E-state index in [2.05, 4.69) is 5.32 Å². The van der Waals surface area contributed by atoms with Crippen molar-refractivity contribution in [3.63, 3.8) is 0 Å². The van der Waals surface area contributed by atoms with Gasteiger partial charge in [-0.1, -0.05) is 0 Å². The highest BCUT2D eigenvalue weighted by molar-refractivity contribution is 6.35. The molecule has 2 N–H and O–H groups in total. The largest absolute Gasteiger partial charge is 0.396 e. The van der Waals surface area contributed by atoms with E-state index in [-0.39, 0.29) is 24.1 Å². The van der Waals surface area contributed by atoms with Crippen LogP contribution in [0.3, 0.4) is 0 Å². The molecule has 1 saturated heterocycles. The van der Waals surface area contributed by atoms with Gasteiger partial charge in [0.15, 0.2) is 0 Å². The Morgan fingerprint density at radius 1 is 1.04 bits per heavy atom. The minimum atomic E-state index is -0.401. The first-order valence-corrected chi connectivity index (χ1v) is 9.82. The van der Waals surface area contributed by atoms with Gasteiger partial charge in [-0.2, -0.15) is 0 Å². The van der Waals surface area contributed by atoms with Gasteiger partial charge in [0.1, 0.15) is 0 Å². The van der Waals surface area contributed by atoms with Gasteiger partial charge < -0.3 is 15.3 Å². The van der Waals surface area contributed by atoms with E-state index in [1.807, 2.05) is 0 Å². The van der Waals surface area contributed by atoms with Crippen molar-refractivity contribution in [3.8, 4) is 0 Å². The number of nitrogens with one attached hydrogen (secondary N) is 1. The maximum Gasteiger partial charge on any atom is 0.312 e. The Balaban J connectivity index is 1.43. The Morgan fingerprint density at radius 2 is 1.67 bits per heavy atom. The highest BCUT2D eigenvalue weighted by Crippen LogP contribution is 2.55. The molecule has 4 bridgehead atoms. The minimum absolute atomic E-state index is 0.0263. The van der Waals surface area contributed by atoms with Crippen LogP contribution >= 0.6 is 0 Å². The number of hydrogen-bond donors (Lipinski definition) is 2. The van der Waals surface area contributed by atoms with Gasteiger partial charge in [0, 0.05) is 24.7 Å². The first kappa shape index (κ1) is 16.4. The van der Waals surface area contributed by atoms with Gasteiger partial charge in [-0.3, -0.25) is 9.59 Å². The number of piperidine rings is 1. The van der Waals surface area contributed by atoms with Crippen LogP contribution in [-0.4, -0.2) is 46.6 Å². The van der Waals surface area contributed by atoms with Crippen molar-refractivity contribution in [2.75, 3.05) is 13.2 Å². The average molecular weight is 334 g/mol. The molecule has 0 aromatic carbocycles. The molecule has 0 spiro atoms. The molecule has 4 saturated carbocycles. The van der Waals surface area contributed by atoms with Gasteiger partial charge >= 0.3 is 11.8 Å². The third kappa shape index (κ3) is 2.96. The Labute approximate surface area is 144 Å². The van der Waals surface area contributed by atoms with Crippen LogP contribution in [-0.2, 0) is 9.59 Å². The molecule has 0 aromatic rings. The minimum Gasteiger partial charge on any atom is -0.396 e. The van der Waals surface area contributed by atoms with Gasteiger partial charge in [-0.15, -0.1) is 0 Å². The predicted octanol–water partition coefficient (Wildman–Crippen LogP) is 1.83. The average Bonchev–Trinajstić information content (AvgIpc) is 2.53. The molecule has 24 heavy (non-hydrogen) atoms. The van der Waals surface area contributed by atoms with Crippen molar-refractivity contribution in [2.24, 2.45) is 17.8 Å². The molecule has 134 valence electrons.